The summed E-state index contributed by atoms with van der Waals surface area (Å²) in [7, 11) is 0. The van der Waals surface area contributed by atoms with Crippen LogP contribution >= 0.6 is 11.6 Å². The maximum atomic E-state index is 12.9. The first-order chi connectivity index (χ1) is 26.1. The molecule has 7 nitrogen and oxygen atoms in total. The van der Waals surface area contributed by atoms with E-state index in [1.807, 2.05) is 9.80 Å². The molecule has 2 fully saturated rings. The van der Waals surface area contributed by atoms with Gasteiger partial charge in [-0.25, -0.2) is 9.97 Å². The number of piperidine rings is 2. The van der Waals surface area contributed by atoms with Crippen molar-refractivity contribution in [1.82, 2.24) is 9.97 Å². The van der Waals surface area contributed by atoms with Gasteiger partial charge in [0.1, 0.15) is 35.3 Å². The summed E-state index contributed by atoms with van der Waals surface area (Å²) >= 11 is 5.59. The SMILES string of the molecule is FC(F)(F)c1ccc(N2CCC(Oc3ccc(Cl)c(C(F)(F)F)c3)CC2)nc1.Nc1ccc(OC2CCN(c3ccc(C(F)(F)F)cn3)CC2)cc1C(F)(F)F. The molecule has 2 aromatic carbocycles. The molecule has 4 aromatic rings. The maximum Gasteiger partial charge on any atom is 0.418 e. The van der Waals surface area contributed by atoms with Crippen LogP contribution in [-0.2, 0) is 24.7 Å². The minimum Gasteiger partial charge on any atom is -0.490 e. The smallest absolute Gasteiger partial charge is 0.418 e. The summed E-state index contributed by atoms with van der Waals surface area (Å²) < 4.78 is 164. The lowest BCUT2D eigenvalue weighted by Crippen LogP contribution is -2.38. The largest absolute Gasteiger partial charge is 0.490 e. The zero-order valence-corrected chi connectivity index (χ0v) is 29.6. The van der Waals surface area contributed by atoms with Crippen molar-refractivity contribution >= 4 is 28.9 Å². The quantitative estimate of drug-likeness (QED) is 0.153. The average molecular weight is 830 g/mol. The number of nitrogens with two attached hydrogens (primary N) is 1. The molecule has 2 N–H and O–H groups in total. The van der Waals surface area contributed by atoms with Gasteiger partial charge in [-0.1, -0.05) is 11.6 Å². The van der Waals surface area contributed by atoms with Crippen molar-refractivity contribution in [2.75, 3.05) is 41.7 Å². The van der Waals surface area contributed by atoms with Gasteiger partial charge in [0, 0.05) is 69.9 Å². The molecule has 304 valence electrons. The number of anilines is 3. The summed E-state index contributed by atoms with van der Waals surface area (Å²) in [6.45, 7) is 1.85. The lowest BCUT2D eigenvalue weighted by Gasteiger charge is -2.33. The molecule has 0 saturated carbocycles. The molecule has 20 heteroatoms. The first-order valence-electron chi connectivity index (χ1n) is 16.8. The topological polar surface area (TPSA) is 76.7 Å². The number of halogens is 13. The van der Waals surface area contributed by atoms with E-state index in [1.54, 1.807) is 0 Å². The van der Waals surface area contributed by atoms with E-state index in [0.29, 0.717) is 63.5 Å². The standard InChI is InChI=1S/C18H15ClF6N2O.C18H17F6N3O/c19-15-3-2-13(9-14(15)18(23,24)25)28-12-5-7-27(8-6-12)16-4-1-11(10-26-16)17(20,21)22;19-17(20,21)11-1-4-16(26-10-11)27-7-5-12(6-8-27)28-13-2-3-15(25)14(9-13)18(22,23)24/h1-4,9-10,12H,5-8H2;1-4,9-10,12H,5-8,25H2. The molecular formula is C36H32ClF12N5O2. The first-order valence-corrected chi connectivity index (χ1v) is 17.2. The summed E-state index contributed by atoms with van der Waals surface area (Å²) in [5, 5.41) is -0.400. The van der Waals surface area contributed by atoms with Crippen molar-refractivity contribution in [3.05, 3.63) is 100 Å². The molecule has 0 spiro atoms. The zero-order chi connectivity index (χ0) is 41.1. The van der Waals surface area contributed by atoms with Crippen LogP contribution in [0.5, 0.6) is 11.5 Å². The maximum absolute atomic E-state index is 12.9. The van der Waals surface area contributed by atoms with Gasteiger partial charge in [-0.15, -0.1) is 0 Å². The Morgan fingerprint density at radius 1 is 0.536 bits per heavy atom. The third-order valence-electron chi connectivity index (χ3n) is 8.86. The number of rotatable bonds is 6. The lowest BCUT2D eigenvalue weighted by atomic mass is 10.1. The van der Waals surface area contributed by atoms with Crippen LogP contribution in [-0.4, -0.2) is 48.4 Å². The van der Waals surface area contributed by atoms with Gasteiger partial charge in [-0.3, -0.25) is 0 Å². The molecule has 0 aliphatic carbocycles. The molecule has 0 unspecified atom stereocenters. The second-order valence-corrected chi connectivity index (χ2v) is 13.2. The van der Waals surface area contributed by atoms with Crippen LogP contribution in [0.2, 0.25) is 5.02 Å². The molecule has 0 radical (unpaired) electrons. The van der Waals surface area contributed by atoms with E-state index >= 15 is 0 Å². The molecule has 4 heterocycles. The summed E-state index contributed by atoms with van der Waals surface area (Å²) in [4.78, 5) is 11.3. The highest BCUT2D eigenvalue weighted by Crippen LogP contribution is 2.39. The van der Waals surface area contributed by atoms with Gasteiger partial charge in [-0.2, -0.15) is 52.7 Å². The first kappa shape index (κ1) is 42.3. The van der Waals surface area contributed by atoms with Crippen molar-refractivity contribution in [2.24, 2.45) is 0 Å². The fourth-order valence-corrected chi connectivity index (χ4v) is 6.15. The Morgan fingerprint density at radius 3 is 1.29 bits per heavy atom. The van der Waals surface area contributed by atoms with Gasteiger partial charge in [0.05, 0.1) is 27.3 Å². The Bertz CT molecular complexity index is 1770. The van der Waals surface area contributed by atoms with Crippen LogP contribution in [0, 0.1) is 0 Å². The van der Waals surface area contributed by atoms with Crippen LogP contribution in [0.4, 0.5) is 70.0 Å². The minimum absolute atomic E-state index is 0.0721. The Balaban J connectivity index is 0.000000214. The minimum atomic E-state index is -4.58. The third-order valence-corrected chi connectivity index (χ3v) is 9.19. The third kappa shape index (κ3) is 11.2. The van der Waals surface area contributed by atoms with Gasteiger partial charge >= 0.3 is 24.7 Å². The van der Waals surface area contributed by atoms with Gasteiger partial charge in [-0.05, 0) is 60.7 Å². The van der Waals surface area contributed by atoms with Crippen LogP contribution in [0.3, 0.4) is 0 Å². The molecule has 56 heavy (non-hydrogen) atoms. The number of nitrogen functional groups attached to an aromatic ring is 1. The molecule has 6 rings (SSSR count). The van der Waals surface area contributed by atoms with Gasteiger partial charge in [0.25, 0.3) is 0 Å². The predicted molar refractivity (Wildman–Crippen MR) is 183 cm³/mol. The summed E-state index contributed by atoms with van der Waals surface area (Å²) in [5.41, 5.74) is 1.45. The Kier molecular flexibility index (Phi) is 12.7. The second kappa shape index (κ2) is 16.7. The molecule has 2 aliphatic rings. The van der Waals surface area contributed by atoms with Crippen molar-refractivity contribution in [3.8, 4) is 11.5 Å². The van der Waals surface area contributed by atoms with E-state index in [0.717, 1.165) is 48.8 Å². The molecule has 0 atom stereocenters. The lowest BCUT2D eigenvalue weighted by molar-refractivity contribution is -0.138. The van der Waals surface area contributed by atoms with E-state index < -0.39 is 52.0 Å². The highest BCUT2D eigenvalue weighted by atomic mass is 35.5. The molecule has 2 aliphatic heterocycles. The highest BCUT2D eigenvalue weighted by molar-refractivity contribution is 6.31. The monoisotopic (exact) mass is 829 g/mol. The van der Waals surface area contributed by atoms with E-state index in [-0.39, 0.29) is 29.4 Å². The fraction of sp³-hybridized carbons (Fsp3) is 0.389. The highest BCUT2D eigenvalue weighted by Gasteiger charge is 2.36. The number of benzene rings is 2. The molecule has 0 amide bonds. The summed E-state index contributed by atoms with van der Waals surface area (Å²) in [6.07, 6.45) is -15.1. The predicted octanol–water partition coefficient (Wildman–Crippen LogP) is 10.6. The Labute approximate surface area is 317 Å². The van der Waals surface area contributed by atoms with Gasteiger partial charge in [0.15, 0.2) is 0 Å². The number of hydrogen-bond acceptors (Lipinski definition) is 7. The van der Waals surface area contributed by atoms with Crippen LogP contribution in [0.25, 0.3) is 0 Å². The molecule has 0 bridgehead atoms. The van der Waals surface area contributed by atoms with E-state index in [9.17, 15) is 52.7 Å². The Morgan fingerprint density at radius 2 is 0.929 bits per heavy atom. The Hall–Kier alpha value is -4.81. The molecular weight excluding hydrogens is 798 g/mol. The molecule has 2 saturated heterocycles. The van der Waals surface area contributed by atoms with E-state index in [1.165, 1.54) is 24.3 Å². The van der Waals surface area contributed by atoms with Crippen LogP contribution < -0.4 is 25.0 Å². The summed E-state index contributed by atoms with van der Waals surface area (Å²) in [5.74, 6) is 0.978. The normalized spacial score (nSPS) is 16.3. The summed E-state index contributed by atoms with van der Waals surface area (Å²) in [6, 6.07) is 11.3. The van der Waals surface area contributed by atoms with Gasteiger partial charge in [0.2, 0.25) is 0 Å². The van der Waals surface area contributed by atoms with Crippen molar-refractivity contribution in [3.63, 3.8) is 0 Å². The van der Waals surface area contributed by atoms with Crippen LogP contribution in [0.15, 0.2) is 73.1 Å². The number of nitrogens with zero attached hydrogens (tertiary/aromatic N) is 4. The van der Waals surface area contributed by atoms with Crippen molar-refractivity contribution in [1.29, 1.82) is 0 Å². The van der Waals surface area contributed by atoms with Crippen molar-refractivity contribution < 1.29 is 62.2 Å². The van der Waals surface area contributed by atoms with E-state index in [4.69, 9.17) is 26.8 Å². The number of alkyl halides is 12. The number of hydrogen-bond donors (Lipinski definition) is 1. The number of aromatic nitrogens is 2. The number of ether oxygens (including phenoxy) is 2. The van der Waals surface area contributed by atoms with E-state index in [2.05, 4.69) is 9.97 Å². The average Bonchev–Trinajstić information content (AvgIpc) is 3.13. The zero-order valence-electron chi connectivity index (χ0n) is 28.8. The number of pyridine rings is 2. The second-order valence-electron chi connectivity index (χ2n) is 12.8. The fourth-order valence-electron chi connectivity index (χ4n) is 5.92. The van der Waals surface area contributed by atoms with Crippen LogP contribution in [0.1, 0.15) is 47.9 Å². The van der Waals surface area contributed by atoms with Crippen molar-refractivity contribution in [2.45, 2.75) is 62.6 Å². The molecule has 2 aromatic heterocycles. The van der Waals surface area contributed by atoms with Gasteiger partial charge < -0.3 is 25.0 Å².